The molecule has 0 unspecified atom stereocenters. The minimum absolute atomic E-state index is 0.0638. The van der Waals surface area contributed by atoms with Crippen molar-refractivity contribution in [1.82, 2.24) is 9.47 Å². The van der Waals surface area contributed by atoms with E-state index in [1.165, 1.54) is 0 Å². The Morgan fingerprint density at radius 1 is 1.33 bits per heavy atom. The number of carbonyl (C=O) groups is 1. The molecule has 2 bridgehead atoms. The number of carboxylic acids is 1. The number of nitrogens with zero attached hydrogens (tertiary/aromatic N) is 2. The first-order valence-corrected chi connectivity index (χ1v) is 6.27. The molecule has 0 spiro atoms. The van der Waals surface area contributed by atoms with E-state index >= 15 is 0 Å². The summed E-state index contributed by atoms with van der Waals surface area (Å²) in [5.74, 6) is -0.0816. The first kappa shape index (κ1) is 11.5. The second kappa shape index (κ2) is 4.24. The van der Waals surface area contributed by atoms with Crippen LogP contribution in [0.25, 0.3) is 0 Å². The van der Waals surface area contributed by atoms with Crippen LogP contribution in [0.1, 0.15) is 18.0 Å². The molecular weight excluding hydrogens is 232 g/mol. The molecule has 1 N–H and O–H groups in total. The molecule has 3 heterocycles. The molecular formula is C13H16N2O3. The van der Waals surface area contributed by atoms with E-state index in [4.69, 9.17) is 5.11 Å². The van der Waals surface area contributed by atoms with Crippen molar-refractivity contribution in [3.8, 4) is 0 Å². The lowest BCUT2D eigenvalue weighted by molar-refractivity contribution is -0.139. The second-order valence-corrected chi connectivity index (χ2v) is 5.29. The fourth-order valence-electron chi connectivity index (χ4n) is 3.32. The van der Waals surface area contributed by atoms with E-state index < -0.39 is 5.97 Å². The van der Waals surface area contributed by atoms with Crippen molar-refractivity contribution in [2.75, 3.05) is 19.6 Å². The van der Waals surface area contributed by atoms with E-state index in [0.717, 1.165) is 31.7 Å². The highest BCUT2D eigenvalue weighted by molar-refractivity contribution is 5.69. The Kier molecular flexibility index (Phi) is 2.70. The molecule has 0 aromatic carbocycles. The molecule has 1 fully saturated rings. The van der Waals surface area contributed by atoms with Crippen molar-refractivity contribution in [1.29, 1.82) is 0 Å². The van der Waals surface area contributed by atoms with E-state index in [1.807, 2.05) is 15.5 Å². The van der Waals surface area contributed by atoms with Crippen LogP contribution in [-0.2, 0) is 11.3 Å². The molecule has 2 aliphatic rings. The van der Waals surface area contributed by atoms with Crippen LogP contribution >= 0.6 is 0 Å². The molecule has 0 aliphatic carbocycles. The third-order valence-electron chi connectivity index (χ3n) is 3.91. The van der Waals surface area contributed by atoms with Gasteiger partial charge in [0.2, 0.25) is 0 Å². The van der Waals surface area contributed by atoms with Crippen molar-refractivity contribution in [3.05, 3.63) is 34.2 Å². The predicted octanol–water partition coefficient (Wildman–Crippen LogP) is 0.352. The molecule has 96 valence electrons. The first-order valence-electron chi connectivity index (χ1n) is 6.27. The summed E-state index contributed by atoms with van der Waals surface area (Å²) in [5, 5.41) is 8.87. The Morgan fingerprint density at radius 2 is 2.17 bits per heavy atom. The van der Waals surface area contributed by atoms with Crippen LogP contribution < -0.4 is 5.56 Å². The lowest BCUT2D eigenvalue weighted by atomic mass is 9.83. The van der Waals surface area contributed by atoms with Gasteiger partial charge in [0.05, 0.1) is 6.54 Å². The number of piperidine rings is 1. The number of aromatic nitrogens is 1. The van der Waals surface area contributed by atoms with Crippen LogP contribution in [0, 0.1) is 5.92 Å². The lowest BCUT2D eigenvalue weighted by Crippen LogP contribution is -2.48. The van der Waals surface area contributed by atoms with E-state index in [1.54, 1.807) is 12.1 Å². The average molecular weight is 248 g/mol. The third kappa shape index (κ3) is 1.95. The molecule has 5 heteroatoms. The Morgan fingerprint density at radius 3 is 2.94 bits per heavy atom. The Hall–Kier alpha value is -1.62. The highest BCUT2D eigenvalue weighted by atomic mass is 16.4. The summed E-state index contributed by atoms with van der Waals surface area (Å²) < 4.78 is 1.86. The van der Waals surface area contributed by atoms with E-state index in [9.17, 15) is 9.59 Å². The highest BCUT2D eigenvalue weighted by Crippen LogP contribution is 2.34. The third-order valence-corrected chi connectivity index (χ3v) is 3.91. The molecule has 18 heavy (non-hydrogen) atoms. The van der Waals surface area contributed by atoms with Crippen LogP contribution in [0.5, 0.6) is 0 Å². The predicted molar refractivity (Wildman–Crippen MR) is 65.6 cm³/mol. The van der Waals surface area contributed by atoms with Crippen LogP contribution in [-0.4, -0.2) is 40.2 Å². The summed E-state index contributed by atoms with van der Waals surface area (Å²) in [5.41, 5.74) is 1.13. The Balaban J connectivity index is 1.90. The molecule has 3 rings (SSSR count). The number of carboxylic acid groups (broad SMARTS) is 1. The molecule has 0 radical (unpaired) electrons. The van der Waals surface area contributed by atoms with Crippen molar-refractivity contribution >= 4 is 5.97 Å². The average Bonchev–Trinajstić information content (AvgIpc) is 2.29. The molecule has 1 aromatic rings. The van der Waals surface area contributed by atoms with E-state index in [2.05, 4.69) is 0 Å². The lowest BCUT2D eigenvalue weighted by Gasteiger charge is -2.42. The maximum absolute atomic E-state index is 11.8. The Labute approximate surface area is 105 Å². The number of fused-ring (bicyclic) bond motifs is 4. The minimum atomic E-state index is -0.777. The number of rotatable bonds is 2. The Bertz CT molecular complexity index is 537. The van der Waals surface area contributed by atoms with Gasteiger partial charge in [0, 0.05) is 37.3 Å². The number of hydrogen-bond donors (Lipinski definition) is 1. The maximum atomic E-state index is 11.8. The summed E-state index contributed by atoms with van der Waals surface area (Å²) in [4.78, 5) is 24.6. The zero-order chi connectivity index (χ0) is 12.7. The SMILES string of the molecule is O=C(O)CN1C[C@@H]2C[C@@H](C1)c1cccc(=O)n1C2. The molecule has 0 saturated carbocycles. The van der Waals surface area contributed by atoms with Crippen molar-refractivity contribution < 1.29 is 9.90 Å². The smallest absolute Gasteiger partial charge is 0.317 e. The first-order chi connectivity index (χ1) is 8.63. The van der Waals surface area contributed by atoms with Gasteiger partial charge in [-0.1, -0.05) is 6.07 Å². The van der Waals surface area contributed by atoms with Crippen LogP contribution in [0.4, 0.5) is 0 Å². The summed E-state index contributed by atoms with van der Waals surface area (Å²) in [7, 11) is 0. The monoisotopic (exact) mass is 248 g/mol. The second-order valence-electron chi connectivity index (χ2n) is 5.29. The van der Waals surface area contributed by atoms with Crippen molar-refractivity contribution in [2.45, 2.75) is 18.9 Å². The summed E-state index contributed by atoms with van der Waals surface area (Å²) in [6, 6.07) is 5.39. The summed E-state index contributed by atoms with van der Waals surface area (Å²) >= 11 is 0. The fraction of sp³-hybridized carbons (Fsp3) is 0.538. The van der Waals surface area contributed by atoms with Gasteiger partial charge in [-0.25, -0.2) is 0 Å². The van der Waals surface area contributed by atoms with E-state index in [0.29, 0.717) is 11.8 Å². The topological polar surface area (TPSA) is 62.5 Å². The van der Waals surface area contributed by atoms with Crippen molar-refractivity contribution in [2.24, 2.45) is 5.92 Å². The maximum Gasteiger partial charge on any atom is 0.317 e. The van der Waals surface area contributed by atoms with Gasteiger partial charge in [0.1, 0.15) is 0 Å². The van der Waals surface area contributed by atoms with Gasteiger partial charge in [-0.2, -0.15) is 0 Å². The fourth-order valence-corrected chi connectivity index (χ4v) is 3.32. The molecule has 0 amide bonds. The zero-order valence-corrected chi connectivity index (χ0v) is 10.1. The minimum Gasteiger partial charge on any atom is -0.480 e. The molecule has 1 aromatic heterocycles. The van der Waals surface area contributed by atoms with Gasteiger partial charge in [-0.05, 0) is 18.4 Å². The molecule has 1 saturated heterocycles. The van der Waals surface area contributed by atoms with Gasteiger partial charge in [-0.15, -0.1) is 0 Å². The molecule has 2 aliphatic heterocycles. The highest BCUT2D eigenvalue weighted by Gasteiger charge is 2.34. The zero-order valence-electron chi connectivity index (χ0n) is 10.1. The number of aliphatic carboxylic acids is 1. The number of hydrogen-bond acceptors (Lipinski definition) is 3. The van der Waals surface area contributed by atoms with Gasteiger partial charge in [-0.3, -0.25) is 14.5 Å². The van der Waals surface area contributed by atoms with Gasteiger partial charge in [0.15, 0.2) is 0 Å². The standard InChI is InChI=1S/C13H16N2O3/c16-12-3-1-2-11-10-4-9(6-15(11)12)5-14(7-10)8-13(17)18/h1-3,9-10H,4-8H2,(H,17,18)/t9-,10-/m0/s1. The largest absolute Gasteiger partial charge is 0.480 e. The van der Waals surface area contributed by atoms with Gasteiger partial charge < -0.3 is 9.67 Å². The molecule has 2 atom stereocenters. The normalized spacial score (nSPS) is 26.7. The molecule has 5 nitrogen and oxygen atoms in total. The number of pyridine rings is 1. The summed E-state index contributed by atoms with van der Waals surface area (Å²) in [6.45, 7) is 2.35. The number of likely N-dealkylation sites (tertiary alicyclic amines) is 1. The van der Waals surface area contributed by atoms with E-state index in [-0.39, 0.29) is 12.1 Å². The van der Waals surface area contributed by atoms with Crippen LogP contribution in [0.15, 0.2) is 23.0 Å². The van der Waals surface area contributed by atoms with Crippen LogP contribution in [0.2, 0.25) is 0 Å². The van der Waals surface area contributed by atoms with Crippen molar-refractivity contribution in [3.63, 3.8) is 0 Å². The van der Waals surface area contributed by atoms with Gasteiger partial charge in [0.25, 0.3) is 5.56 Å². The quantitative estimate of drug-likeness (QED) is 0.820. The summed E-state index contributed by atoms with van der Waals surface area (Å²) in [6.07, 6.45) is 1.07. The van der Waals surface area contributed by atoms with Gasteiger partial charge >= 0.3 is 5.97 Å². The van der Waals surface area contributed by atoms with Crippen LogP contribution in [0.3, 0.4) is 0 Å².